The van der Waals surface area contributed by atoms with Gasteiger partial charge in [-0.15, -0.1) is 0 Å². The molecule has 3 aromatic rings. The van der Waals surface area contributed by atoms with E-state index in [-0.39, 0.29) is 0 Å². The summed E-state index contributed by atoms with van der Waals surface area (Å²) in [5, 5.41) is 3.60. The van der Waals surface area contributed by atoms with E-state index in [9.17, 15) is 0 Å². The number of hydrogen-bond donors (Lipinski definition) is 3. The van der Waals surface area contributed by atoms with Gasteiger partial charge in [0.15, 0.2) is 11.7 Å². The quantitative estimate of drug-likeness (QED) is 0.135. The first-order valence-electron chi connectivity index (χ1n) is 10.7. The van der Waals surface area contributed by atoms with Gasteiger partial charge in [0.05, 0.1) is 14.2 Å². The molecule has 0 unspecified atom stereocenters. The third kappa shape index (κ3) is 6.01. The van der Waals surface area contributed by atoms with Crippen LogP contribution in [0.25, 0.3) is 22.6 Å². The first-order chi connectivity index (χ1) is 15.7. The van der Waals surface area contributed by atoms with E-state index in [0.29, 0.717) is 5.84 Å². The average molecular weight is 438 g/mol. The first kappa shape index (κ1) is 23.1. The van der Waals surface area contributed by atoms with Crippen LogP contribution in [0.1, 0.15) is 38.0 Å². The summed E-state index contributed by atoms with van der Waals surface area (Å²) in [6.45, 7) is 0. The zero-order chi connectivity index (χ0) is 22.8. The lowest BCUT2D eigenvalue weighted by molar-refractivity contribution is 0.414. The minimum atomic E-state index is 0.617. The highest BCUT2D eigenvalue weighted by Crippen LogP contribution is 2.34. The second-order valence-electron chi connectivity index (χ2n) is 7.38. The molecule has 0 atom stereocenters. The molecule has 8 nitrogen and oxygen atoms in total. The van der Waals surface area contributed by atoms with Crippen LogP contribution in [0.2, 0.25) is 0 Å². The summed E-state index contributed by atoms with van der Waals surface area (Å²) in [5.74, 6) is 14.3. The predicted octanol–water partition coefficient (Wildman–Crippen LogP) is 4.25. The maximum atomic E-state index is 6.22. The van der Waals surface area contributed by atoms with Gasteiger partial charge in [-0.05, 0) is 61.4 Å². The van der Waals surface area contributed by atoms with E-state index in [0.717, 1.165) is 78.5 Å². The zero-order valence-electron chi connectivity index (χ0n) is 18.6. The molecule has 0 aliphatic heterocycles. The van der Waals surface area contributed by atoms with Crippen LogP contribution in [-0.2, 0) is 6.42 Å². The van der Waals surface area contributed by atoms with Crippen molar-refractivity contribution < 1.29 is 13.9 Å². The first-order valence-corrected chi connectivity index (χ1v) is 10.7. The molecule has 0 aliphatic carbocycles. The molecule has 0 saturated carbocycles. The minimum absolute atomic E-state index is 0.617. The van der Waals surface area contributed by atoms with E-state index >= 15 is 0 Å². The number of rotatable bonds is 11. The summed E-state index contributed by atoms with van der Waals surface area (Å²) in [6, 6.07) is 15.7. The second-order valence-corrected chi connectivity index (χ2v) is 7.38. The third-order valence-corrected chi connectivity index (χ3v) is 5.26. The van der Waals surface area contributed by atoms with Gasteiger partial charge in [0, 0.05) is 24.0 Å². The maximum absolute atomic E-state index is 6.22. The zero-order valence-corrected chi connectivity index (χ0v) is 18.6. The smallest absolute Gasteiger partial charge is 0.195 e. The van der Waals surface area contributed by atoms with Crippen LogP contribution in [-0.4, -0.2) is 25.0 Å². The molecule has 170 valence electrons. The van der Waals surface area contributed by atoms with Gasteiger partial charge in [-0.1, -0.05) is 12.8 Å². The van der Waals surface area contributed by atoms with Gasteiger partial charge in [0.2, 0.25) is 0 Å². The summed E-state index contributed by atoms with van der Waals surface area (Å²) in [7, 11) is 3.31. The monoisotopic (exact) mass is 437 g/mol. The van der Waals surface area contributed by atoms with Crippen molar-refractivity contribution in [1.82, 2.24) is 10.4 Å². The SMILES string of the molecule is COc1ccc(-c2nc(CCCCCC/C(=N/N)NN)oc2-c2ccc(OC)cc2)cc1. The van der Waals surface area contributed by atoms with Crippen molar-refractivity contribution in [2.75, 3.05) is 14.2 Å². The fourth-order valence-electron chi connectivity index (χ4n) is 3.45. The van der Waals surface area contributed by atoms with E-state index in [1.165, 1.54) is 0 Å². The van der Waals surface area contributed by atoms with Gasteiger partial charge in [-0.3, -0.25) is 0 Å². The lowest BCUT2D eigenvalue weighted by Gasteiger charge is -2.04. The fraction of sp³-hybridized carbons (Fsp3) is 0.333. The van der Waals surface area contributed by atoms with Crippen LogP contribution in [0, 0.1) is 0 Å². The van der Waals surface area contributed by atoms with Crippen LogP contribution < -0.4 is 26.6 Å². The Kier molecular flexibility index (Phi) is 8.51. The summed E-state index contributed by atoms with van der Waals surface area (Å²) >= 11 is 0. The molecule has 0 radical (unpaired) electrons. The van der Waals surface area contributed by atoms with E-state index in [2.05, 4.69) is 10.5 Å². The van der Waals surface area contributed by atoms with Crippen molar-refractivity contribution in [1.29, 1.82) is 0 Å². The number of oxazole rings is 1. The Hall–Kier alpha value is -3.52. The summed E-state index contributed by atoms with van der Waals surface area (Å²) < 4.78 is 16.8. The molecule has 0 bridgehead atoms. The van der Waals surface area contributed by atoms with E-state index in [4.69, 9.17) is 30.6 Å². The molecule has 1 heterocycles. The van der Waals surface area contributed by atoms with Gasteiger partial charge < -0.3 is 25.2 Å². The second kappa shape index (κ2) is 11.8. The highest BCUT2D eigenvalue weighted by atomic mass is 16.5. The largest absolute Gasteiger partial charge is 0.497 e. The van der Waals surface area contributed by atoms with Gasteiger partial charge in [-0.25, -0.2) is 10.8 Å². The molecular weight excluding hydrogens is 406 g/mol. The topological polar surface area (TPSA) is 121 Å². The number of ether oxygens (including phenoxy) is 2. The molecule has 2 aromatic carbocycles. The van der Waals surface area contributed by atoms with Crippen LogP contribution >= 0.6 is 0 Å². The van der Waals surface area contributed by atoms with Crippen LogP contribution in [0.5, 0.6) is 11.5 Å². The Morgan fingerprint density at radius 2 is 1.50 bits per heavy atom. The fourth-order valence-corrected chi connectivity index (χ4v) is 3.45. The molecule has 1 aromatic heterocycles. The number of aromatic nitrogens is 1. The molecule has 0 aliphatic rings. The lowest BCUT2D eigenvalue weighted by Crippen LogP contribution is -2.31. The Morgan fingerprint density at radius 1 is 0.906 bits per heavy atom. The highest BCUT2D eigenvalue weighted by molar-refractivity contribution is 5.81. The number of nitrogens with zero attached hydrogens (tertiary/aromatic N) is 2. The number of hydrazine groups is 1. The Labute approximate surface area is 188 Å². The van der Waals surface area contributed by atoms with Crippen molar-refractivity contribution in [2.24, 2.45) is 16.8 Å². The number of hydrazone groups is 1. The summed E-state index contributed by atoms with van der Waals surface area (Å²) in [6.07, 6.45) is 5.58. The molecule has 0 amide bonds. The standard InChI is InChI=1S/C24H31N5O3/c1-30-19-13-9-17(10-14-19)23-24(18-11-15-20(31-2)16-12-18)32-22(27-23)8-6-4-3-5-7-21(28-25)29-26/h9-16H,3-8,25-26H2,1-2H3,(H,28,29). The number of benzene rings is 2. The molecule has 5 N–H and O–H groups in total. The van der Waals surface area contributed by atoms with Crippen molar-refractivity contribution in [3.8, 4) is 34.1 Å². The summed E-state index contributed by atoms with van der Waals surface area (Å²) in [5.41, 5.74) is 5.27. The number of amidine groups is 1. The van der Waals surface area contributed by atoms with Gasteiger partial charge >= 0.3 is 0 Å². The molecule has 8 heteroatoms. The number of hydrogen-bond acceptors (Lipinski definition) is 7. The van der Waals surface area contributed by atoms with Crippen molar-refractivity contribution in [2.45, 2.75) is 38.5 Å². The minimum Gasteiger partial charge on any atom is -0.497 e. The molecule has 0 fully saturated rings. The molecule has 0 spiro atoms. The molecular formula is C24H31N5O3. The van der Waals surface area contributed by atoms with E-state index < -0.39 is 0 Å². The maximum Gasteiger partial charge on any atom is 0.195 e. The Bertz CT molecular complexity index is 932. The van der Waals surface area contributed by atoms with Gasteiger partial charge in [0.1, 0.15) is 23.0 Å². The van der Waals surface area contributed by atoms with Gasteiger partial charge in [-0.2, -0.15) is 5.10 Å². The van der Waals surface area contributed by atoms with E-state index in [1.807, 2.05) is 48.5 Å². The van der Waals surface area contributed by atoms with Crippen LogP contribution in [0.4, 0.5) is 0 Å². The summed E-state index contributed by atoms with van der Waals surface area (Å²) in [4.78, 5) is 4.83. The van der Waals surface area contributed by atoms with Crippen molar-refractivity contribution in [3.63, 3.8) is 0 Å². The number of methoxy groups -OCH3 is 2. The van der Waals surface area contributed by atoms with Crippen LogP contribution in [0.15, 0.2) is 58.0 Å². The molecule has 3 rings (SSSR count). The number of unbranched alkanes of at least 4 members (excludes halogenated alkanes) is 3. The van der Waals surface area contributed by atoms with E-state index in [1.54, 1.807) is 14.2 Å². The molecule has 32 heavy (non-hydrogen) atoms. The number of nitrogens with one attached hydrogen (secondary N) is 1. The van der Waals surface area contributed by atoms with Gasteiger partial charge in [0.25, 0.3) is 0 Å². The van der Waals surface area contributed by atoms with Crippen molar-refractivity contribution in [3.05, 3.63) is 54.4 Å². The molecule has 0 saturated heterocycles. The Balaban J connectivity index is 1.72. The lowest BCUT2D eigenvalue weighted by atomic mass is 10.1. The predicted molar refractivity (Wildman–Crippen MR) is 126 cm³/mol. The number of aryl methyl sites for hydroxylation is 1. The van der Waals surface area contributed by atoms with Crippen LogP contribution in [0.3, 0.4) is 0 Å². The Morgan fingerprint density at radius 3 is 2.06 bits per heavy atom. The highest BCUT2D eigenvalue weighted by Gasteiger charge is 2.17. The number of nitrogens with two attached hydrogens (primary N) is 2. The normalized spacial score (nSPS) is 11.4. The van der Waals surface area contributed by atoms with Crippen molar-refractivity contribution >= 4 is 5.84 Å². The third-order valence-electron chi connectivity index (χ3n) is 5.26. The average Bonchev–Trinajstić information content (AvgIpc) is 3.28.